The summed E-state index contributed by atoms with van der Waals surface area (Å²) in [7, 11) is 1.65. The number of fused-ring (bicyclic) bond motifs is 1. The number of pyridine rings is 1. The maximum absolute atomic E-state index is 13.5. The number of hydrogen-bond acceptors (Lipinski definition) is 4. The van der Waals surface area contributed by atoms with E-state index in [2.05, 4.69) is 6.92 Å². The van der Waals surface area contributed by atoms with E-state index in [1.807, 2.05) is 46.8 Å². The zero-order valence-electron chi connectivity index (χ0n) is 17.4. The van der Waals surface area contributed by atoms with E-state index in [1.165, 1.54) is 12.8 Å². The Bertz CT molecular complexity index is 1020. The SMILES string of the molecule is CCc1cc(C(=O)N2CCCCCC2)c2c(C)nn(-c3ccc(OC)cc3)c2n1. The number of likely N-dealkylation sites (tertiary alicyclic amines) is 1. The molecule has 3 aromatic rings. The van der Waals surface area contributed by atoms with Crippen LogP contribution in [-0.4, -0.2) is 45.8 Å². The van der Waals surface area contributed by atoms with Crippen LogP contribution in [0.25, 0.3) is 16.7 Å². The van der Waals surface area contributed by atoms with E-state index in [0.717, 1.165) is 71.8 Å². The van der Waals surface area contributed by atoms with E-state index in [4.69, 9.17) is 14.8 Å². The predicted octanol–water partition coefficient (Wildman–Crippen LogP) is 4.32. The number of carbonyl (C=O) groups excluding carboxylic acids is 1. The summed E-state index contributed by atoms with van der Waals surface area (Å²) >= 11 is 0. The van der Waals surface area contributed by atoms with E-state index in [0.29, 0.717) is 0 Å². The van der Waals surface area contributed by atoms with E-state index in [9.17, 15) is 4.79 Å². The minimum Gasteiger partial charge on any atom is -0.497 e. The average Bonchev–Trinajstić information content (AvgIpc) is 2.93. The molecule has 3 heterocycles. The van der Waals surface area contributed by atoms with Crippen LogP contribution < -0.4 is 4.74 Å². The van der Waals surface area contributed by atoms with Crippen LogP contribution in [0.3, 0.4) is 0 Å². The molecule has 0 aliphatic carbocycles. The molecule has 1 aliphatic rings. The fraction of sp³-hybridized carbons (Fsp3) is 0.435. The van der Waals surface area contributed by atoms with Crippen molar-refractivity contribution in [3.8, 4) is 11.4 Å². The van der Waals surface area contributed by atoms with Crippen LogP contribution in [0.2, 0.25) is 0 Å². The van der Waals surface area contributed by atoms with Crippen molar-refractivity contribution in [1.29, 1.82) is 0 Å². The minimum absolute atomic E-state index is 0.103. The first-order chi connectivity index (χ1) is 14.1. The lowest BCUT2D eigenvalue weighted by Crippen LogP contribution is -2.32. The Labute approximate surface area is 171 Å². The lowest BCUT2D eigenvalue weighted by atomic mass is 10.1. The molecule has 0 bridgehead atoms. The van der Waals surface area contributed by atoms with Crippen molar-refractivity contribution in [2.75, 3.05) is 20.2 Å². The summed E-state index contributed by atoms with van der Waals surface area (Å²) in [5, 5.41) is 5.59. The topological polar surface area (TPSA) is 60.2 Å². The van der Waals surface area contributed by atoms with Gasteiger partial charge >= 0.3 is 0 Å². The first-order valence-corrected chi connectivity index (χ1v) is 10.4. The predicted molar refractivity (Wildman–Crippen MR) is 114 cm³/mol. The Morgan fingerprint density at radius 1 is 1.10 bits per heavy atom. The standard InChI is InChI=1S/C23H28N4O2/c1-4-17-15-20(23(28)26-13-7-5-6-8-14-26)21-16(2)25-27(22(21)24-17)18-9-11-19(29-3)12-10-18/h9-12,15H,4-8,13-14H2,1-3H3. The number of benzene rings is 1. The molecule has 0 saturated carbocycles. The van der Waals surface area contributed by atoms with Gasteiger partial charge in [0.05, 0.1) is 29.4 Å². The highest BCUT2D eigenvalue weighted by molar-refractivity contribution is 6.06. The zero-order chi connectivity index (χ0) is 20.4. The molecule has 4 rings (SSSR count). The van der Waals surface area contributed by atoms with Crippen molar-refractivity contribution in [3.63, 3.8) is 0 Å². The molecule has 1 saturated heterocycles. The van der Waals surface area contributed by atoms with Gasteiger partial charge in [-0.2, -0.15) is 5.10 Å². The van der Waals surface area contributed by atoms with Crippen LogP contribution in [0.5, 0.6) is 5.75 Å². The number of amides is 1. The van der Waals surface area contributed by atoms with E-state index in [-0.39, 0.29) is 5.91 Å². The lowest BCUT2D eigenvalue weighted by molar-refractivity contribution is 0.0763. The lowest BCUT2D eigenvalue weighted by Gasteiger charge is -2.21. The number of carbonyl (C=O) groups is 1. The number of rotatable bonds is 4. The first-order valence-electron chi connectivity index (χ1n) is 10.4. The normalized spacial score (nSPS) is 14.8. The second-order valence-corrected chi connectivity index (χ2v) is 7.61. The van der Waals surface area contributed by atoms with Crippen molar-refractivity contribution in [3.05, 3.63) is 47.3 Å². The third-order valence-electron chi connectivity index (χ3n) is 5.67. The number of hydrogen-bond donors (Lipinski definition) is 0. The van der Waals surface area contributed by atoms with Crippen molar-refractivity contribution in [2.24, 2.45) is 0 Å². The Balaban J connectivity index is 1.84. The first kappa shape index (κ1) is 19.4. The highest BCUT2D eigenvalue weighted by atomic mass is 16.5. The van der Waals surface area contributed by atoms with Crippen LogP contribution in [0.15, 0.2) is 30.3 Å². The molecule has 1 fully saturated rings. The number of aryl methyl sites for hydroxylation is 2. The smallest absolute Gasteiger partial charge is 0.254 e. The molecule has 29 heavy (non-hydrogen) atoms. The van der Waals surface area contributed by atoms with Gasteiger partial charge in [0.25, 0.3) is 5.91 Å². The van der Waals surface area contributed by atoms with Gasteiger partial charge in [-0.25, -0.2) is 9.67 Å². The Kier molecular flexibility index (Phi) is 5.51. The maximum atomic E-state index is 13.5. The molecular weight excluding hydrogens is 364 g/mol. The summed E-state index contributed by atoms with van der Waals surface area (Å²) in [6.45, 7) is 5.68. The largest absolute Gasteiger partial charge is 0.497 e. The molecule has 0 atom stereocenters. The second-order valence-electron chi connectivity index (χ2n) is 7.61. The molecule has 1 aliphatic heterocycles. The van der Waals surface area contributed by atoms with Crippen molar-refractivity contribution < 1.29 is 9.53 Å². The fourth-order valence-corrected chi connectivity index (χ4v) is 4.04. The third kappa shape index (κ3) is 3.71. The van der Waals surface area contributed by atoms with Gasteiger partial charge in [0.15, 0.2) is 5.65 Å². The molecule has 152 valence electrons. The maximum Gasteiger partial charge on any atom is 0.254 e. The van der Waals surface area contributed by atoms with Gasteiger partial charge in [-0.05, 0) is 56.5 Å². The summed E-state index contributed by atoms with van der Waals surface area (Å²) < 4.78 is 7.10. The highest BCUT2D eigenvalue weighted by Gasteiger charge is 2.24. The fourth-order valence-electron chi connectivity index (χ4n) is 4.04. The van der Waals surface area contributed by atoms with Gasteiger partial charge in [-0.3, -0.25) is 4.79 Å². The molecule has 1 amide bonds. The van der Waals surface area contributed by atoms with Crippen LogP contribution in [0, 0.1) is 6.92 Å². The van der Waals surface area contributed by atoms with Crippen LogP contribution in [0.4, 0.5) is 0 Å². The van der Waals surface area contributed by atoms with Crippen molar-refractivity contribution in [2.45, 2.75) is 46.0 Å². The summed E-state index contributed by atoms with van der Waals surface area (Å²) in [6, 6.07) is 9.70. The number of methoxy groups -OCH3 is 1. The van der Waals surface area contributed by atoms with Gasteiger partial charge in [-0.1, -0.05) is 19.8 Å². The second kappa shape index (κ2) is 8.23. The molecule has 0 unspecified atom stereocenters. The van der Waals surface area contributed by atoms with Crippen LogP contribution in [-0.2, 0) is 6.42 Å². The average molecular weight is 393 g/mol. The molecular formula is C23H28N4O2. The monoisotopic (exact) mass is 392 g/mol. The van der Waals surface area contributed by atoms with Gasteiger partial charge < -0.3 is 9.64 Å². The Morgan fingerprint density at radius 2 is 1.79 bits per heavy atom. The summed E-state index contributed by atoms with van der Waals surface area (Å²) in [4.78, 5) is 20.3. The zero-order valence-corrected chi connectivity index (χ0v) is 17.4. The quantitative estimate of drug-likeness (QED) is 0.664. The van der Waals surface area contributed by atoms with Gasteiger partial charge in [0, 0.05) is 18.8 Å². The molecule has 0 N–H and O–H groups in total. The van der Waals surface area contributed by atoms with Gasteiger partial charge in [0.2, 0.25) is 0 Å². The number of nitrogens with zero attached hydrogens (tertiary/aromatic N) is 4. The molecule has 6 nitrogen and oxygen atoms in total. The third-order valence-corrected chi connectivity index (χ3v) is 5.67. The van der Waals surface area contributed by atoms with Gasteiger partial charge in [0.1, 0.15) is 5.75 Å². The van der Waals surface area contributed by atoms with Crippen LogP contribution >= 0.6 is 0 Å². The highest BCUT2D eigenvalue weighted by Crippen LogP contribution is 2.27. The molecule has 0 spiro atoms. The summed E-state index contributed by atoms with van der Waals surface area (Å²) in [5.74, 6) is 0.896. The molecule has 2 aromatic heterocycles. The summed E-state index contributed by atoms with van der Waals surface area (Å²) in [6.07, 6.45) is 5.31. The van der Waals surface area contributed by atoms with Gasteiger partial charge in [-0.15, -0.1) is 0 Å². The number of aromatic nitrogens is 3. The summed E-state index contributed by atoms with van der Waals surface area (Å²) in [5.41, 5.74) is 4.10. The Hall–Kier alpha value is -2.89. The molecule has 0 radical (unpaired) electrons. The van der Waals surface area contributed by atoms with Crippen molar-refractivity contribution in [1.82, 2.24) is 19.7 Å². The Morgan fingerprint density at radius 3 is 2.41 bits per heavy atom. The minimum atomic E-state index is 0.103. The van der Waals surface area contributed by atoms with Crippen LogP contribution in [0.1, 0.15) is 54.4 Å². The number of ether oxygens (including phenoxy) is 1. The molecule has 6 heteroatoms. The van der Waals surface area contributed by atoms with E-state index >= 15 is 0 Å². The van der Waals surface area contributed by atoms with E-state index < -0.39 is 0 Å². The van der Waals surface area contributed by atoms with E-state index in [1.54, 1.807) is 7.11 Å². The van der Waals surface area contributed by atoms with Crippen molar-refractivity contribution >= 4 is 16.9 Å². The molecule has 1 aromatic carbocycles.